The molecule has 1 heterocycles. The van der Waals surface area contributed by atoms with Crippen LogP contribution in [0.15, 0.2) is 18.3 Å². The molecule has 1 aliphatic rings. The molecule has 1 fully saturated rings. The highest BCUT2D eigenvalue weighted by atomic mass is 14.7. The molecule has 1 aromatic heterocycles. The maximum absolute atomic E-state index is 5.79. The fourth-order valence-corrected chi connectivity index (χ4v) is 2.11. The summed E-state index contributed by atoms with van der Waals surface area (Å²) in [5.74, 6) is 0.779. The Morgan fingerprint density at radius 2 is 2.33 bits per heavy atom. The van der Waals surface area contributed by atoms with Crippen LogP contribution in [-0.2, 0) is 6.42 Å². The number of hydrogen-bond donors (Lipinski definition) is 1. The highest BCUT2D eigenvalue weighted by molar-refractivity contribution is 5.26. The van der Waals surface area contributed by atoms with Crippen molar-refractivity contribution >= 4 is 0 Å². The molecule has 2 N–H and O–H groups in total. The van der Waals surface area contributed by atoms with Crippen molar-refractivity contribution in [1.29, 1.82) is 0 Å². The number of nitrogens with two attached hydrogens (primary N) is 1. The third-order valence-electron chi connectivity index (χ3n) is 3.31. The van der Waals surface area contributed by atoms with E-state index in [9.17, 15) is 0 Å². The lowest BCUT2D eigenvalue weighted by Crippen LogP contribution is -2.17. The molecule has 82 valence electrons. The van der Waals surface area contributed by atoms with E-state index >= 15 is 0 Å². The molecule has 15 heavy (non-hydrogen) atoms. The van der Waals surface area contributed by atoms with E-state index in [-0.39, 0.29) is 6.04 Å². The maximum Gasteiger partial charge on any atom is 0.0438 e. The van der Waals surface area contributed by atoms with Crippen molar-refractivity contribution in [1.82, 2.24) is 4.98 Å². The lowest BCUT2D eigenvalue weighted by molar-refractivity contribution is 0.415. The van der Waals surface area contributed by atoms with Crippen LogP contribution in [0.25, 0.3) is 0 Å². The van der Waals surface area contributed by atoms with E-state index in [1.165, 1.54) is 30.5 Å². The fraction of sp³-hybridized carbons (Fsp3) is 0.615. The average Bonchev–Trinajstić information content (AvgIpc) is 2.14. The normalized spacial score (nSPS) is 18.5. The molecule has 0 aliphatic heterocycles. The summed E-state index contributed by atoms with van der Waals surface area (Å²) in [6.07, 6.45) is 8.04. The molecule has 0 radical (unpaired) electrons. The van der Waals surface area contributed by atoms with Gasteiger partial charge in [0.2, 0.25) is 0 Å². The number of nitrogens with zero attached hydrogens (tertiary/aromatic N) is 1. The molecule has 0 bridgehead atoms. The van der Waals surface area contributed by atoms with E-state index in [1.807, 2.05) is 6.20 Å². The summed E-state index contributed by atoms with van der Waals surface area (Å²) < 4.78 is 0. The first-order valence-corrected chi connectivity index (χ1v) is 5.96. The predicted octanol–water partition coefficient (Wildman–Crippen LogP) is 2.63. The summed E-state index contributed by atoms with van der Waals surface area (Å²) in [5, 5.41) is 0. The Balaban J connectivity index is 2.07. The molecule has 0 spiro atoms. The number of hydrogen-bond acceptors (Lipinski definition) is 2. The fourth-order valence-electron chi connectivity index (χ4n) is 2.11. The van der Waals surface area contributed by atoms with Crippen molar-refractivity contribution in [2.45, 2.75) is 51.0 Å². The summed E-state index contributed by atoms with van der Waals surface area (Å²) in [4.78, 5) is 4.50. The first-order valence-electron chi connectivity index (χ1n) is 5.96. The van der Waals surface area contributed by atoms with Gasteiger partial charge in [-0.15, -0.1) is 0 Å². The number of aryl methyl sites for hydroxylation is 1. The second-order valence-corrected chi connectivity index (χ2v) is 4.68. The summed E-state index contributed by atoms with van der Waals surface area (Å²) >= 11 is 0. The van der Waals surface area contributed by atoms with E-state index in [2.05, 4.69) is 24.0 Å². The van der Waals surface area contributed by atoms with Crippen LogP contribution in [0.5, 0.6) is 0 Å². The van der Waals surface area contributed by atoms with E-state index in [4.69, 9.17) is 5.73 Å². The van der Waals surface area contributed by atoms with Gasteiger partial charge in [0, 0.05) is 17.9 Å². The Bertz CT molecular complexity index is 316. The molecule has 2 nitrogen and oxygen atoms in total. The van der Waals surface area contributed by atoms with Gasteiger partial charge in [0.1, 0.15) is 0 Å². The molecule has 0 unspecified atom stereocenters. The summed E-state index contributed by atoms with van der Waals surface area (Å²) in [5.41, 5.74) is 8.54. The van der Waals surface area contributed by atoms with Crippen molar-refractivity contribution in [2.24, 2.45) is 5.73 Å². The van der Waals surface area contributed by atoms with Crippen LogP contribution >= 0.6 is 0 Å². The minimum Gasteiger partial charge on any atom is -0.328 e. The van der Waals surface area contributed by atoms with Crippen LogP contribution in [0, 0.1) is 0 Å². The lowest BCUT2D eigenvalue weighted by Gasteiger charge is -2.27. The molecular weight excluding hydrogens is 184 g/mol. The lowest BCUT2D eigenvalue weighted by atomic mass is 9.79. The topological polar surface area (TPSA) is 38.9 Å². The average molecular weight is 204 g/mol. The van der Waals surface area contributed by atoms with Crippen molar-refractivity contribution in [3.05, 3.63) is 29.6 Å². The molecule has 0 saturated heterocycles. The number of rotatable bonds is 4. The molecule has 2 rings (SSSR count). The summed E-state index contributed by atoms with van der Waals surface area (Å²) in [6, 6.07) is 4.58. The predicted molar refractivity (Wildman–Crippen MR) is 62.8 cm³/mol. The quantitative estimate of drug-likeness (QED) is 0.818. The van der Waals surface area contributed by atoms with E-state index in [0.717, 1.165) is 18.8 Å². The maximum atomic E-state index is 5.79. The monoisotopic (exact) mass is 204 g/mol. The van der Waals surface area contributed by atoms with E-state index in [1.54, 1.807) is 0 Å². The second kappa shape index (κ2) is 4.75. The molecule has 1 saturated carbocycles. The zero-order chi connectivity index (χ0) is 10.7. The standard InChI is InChI=1S/C13H20N2/c1-10(14)7-8-13-12(6-3-9-15-13)11-4-2-5-11/h3,6,9-11H,2,4-5,7-8,14H2,1H3/t10-/m1/s1. The van der Waals surface area contributed by atoms with Crippen LogP contribution in [0.2, 0.25) is 0 Å². The molecule has 2 heteroatoms. The Morgan fingerprint density at radius 1 is 1.53 bits per heavy atom. The highest BCUT2D eigenvalue weighted by Crippen LogP contribution is 2.37. The minimum atomic E-state index is 0.279. The third kappa shape index (κ3) is 2.57. The van der Waals surface area contributed by atoms with Crippen molar-refractivity contribution in [3.8, 4) is 0 Å². The minimum absolute atomic E-state index is 0.279. The van der Waals surface area contributed by atoms with Crippen molar-refractivity contribution in [2.75, 3.05) is 0 Å². The SMILES string of the molecule is C[C@@H](N)CCc1ncccc1C1CCC1. The largest absolute Gasteiger partial charge is 0.328 e. The zero-order valence-corrected chi connectivity index (χ0v) is 9.45. The van der Waals surface area contributed by atoms with Crippen molar-refractivity contribution < 1.29 is 0 Å². The molecule has 1 aliphatic carbocycles. The van der Waals surface area contributed by atoms with Crippen molar-refractivity contribution in [3.63, 3.8) is 0 Å². The van der Waals surface area contributed by atoms with E-state index < -0.39 is 0 Å². The summed E-state index contributed by atoms with van der Waals surface area (Å²) in [6.45, 7) is 2.06. The van der Waals surface area contributed by atoms with Gasteiger partial charge in [-0.2, -0.15) is 0 Å². The Hall–Kier alpha value is -0.890. The number of pyridine rings is 1. The van der Waals surface area contributed by atoms with Gasteiger partial charge < -0.3 is 5.73 Å². The van der Waals surface area contributed by atoms with Gasteiger partial charge in [-0.25, -0.2) is 0 Å². The van der Waals surface area contributed by atoms with Gasteiger partial charge in [0.25, 0.3) is 0 Å². The van der Waals surface area contributed by atoms with Gasteiger partial charge in [-0.3, -0.25) is 4.98 Å². The summed E-state index contributed by atoms with van der Waals surface area (Å²) in [7, 11) is 0. The van der Waals surface area contributed by atoms with Gasteiger partial charge in [-0.05, 0) is 50.2 Å². The Labute approximate surface area is 91.9 Å². The first-order chi connectivity index (χ1) is 7.27. The van der Waals surface area contributed by atoms with Gasteiger partial charge >= 0.3 is 0 Å². The van der Waals surface area contributed by atoms with E-state index in [0.29, 0.717) is 0 Å². The molecule has 1 aromatic rings. The highest BCUT2D eigenvalue weighted by Gasteiger charge is 2.22. The van der Waals surface area contributed by atoms with Crippen LogP contribution < -0.4 is 5.73 Å². The smallest absolute Gasteiger partial charge is 0.0438 e. The Kier molecular flexibility index (Phi) is 3.37. The number of aromatic nitrogens is 1. The molecule has 0 aromatic carbocycles. The zero-order valence-electron chi connectivity index (χ0n) is 9.45. The molecule has 1 atom stereocenters. The third-order valence-corrected chi connectivity index (χ3v) is 3.31. The first kappa shape index (κ1) is 10.6. The molecular formula is C13H20N2. The second-order valence-electron chi connectivity index (χ2n) is 4.68. The van der Waals surface area contributed by atoms with Crippen LogP contribution in [0.3, 0.4) is 0 Å². The van der Waals surface area contributed by atoms with Gasteiger partial charge in [0.05, 0.1) is 0 Å². The van der Waals surface area contributed by atoms with Gasteiger partial charge in [0.15, 0.2) is 0 Å². The molecule has 0 amide bonds. The van der Waals surface area contributed by atoms with Crippen LogP contribution in [0.1, 0.15) is 49.8 Å². The van der Waals surface area contributed by atoms with Crippen LogP contribution in [-0.4, -0.2) is 11.0 Å². The van der Waals surface area contributed by atoms with Crippen LogP contribution in [0.4, 0.5) is 0 Å². The van der Waals surface area contributed by atoms with Gasteiger partial charge in [-0.1, -0.05) is 12.5 Å². The Morgan fingerprint density at radius 3 is 2.93 bits per heavy atom.